The van der Waals surface area contributed by atoms with Gasteiger partial charge in [-0.05, 0) is 50.4 Å². The van der Waals surface area contributed by atoms with Gasteiger partial charge >= 0.3 is 0 Å². The fourth-order valence-corrected chi connectivity index (χ4v) is 3.56. The smallest absolute Gasteiger partial charge is 0.161 e. The average molecular weight is 364 g/mol. The third kappa shape index (κ3) is 2.81. The molecule has 0 saturated heterocycles. The molecule has 2 rings (SSSR count). The molecule has 1 unspecified atom stereocenters. The average Bonchev–Trinajstić information content (AvgIpc) is 2.71. The number of hydrogen-bond donors (Lipinski definition) is 1. The van der Waals surface area contributed by atoms with Crippen molar-refractivity contribution in [3.05, 3.63) is 27.1 Å². The summed E-state index contributed by atoms with van der Waals surface area (Å²) in [5.41, 5.74) is 1.05. The van der Waals surface area contributed by atoms with Crippen molar-refractivity contribution >= 4 is 54.5 Å². The number of thioether (sulfide) groups is 1. The standard InChI is InChI=1S/C11H12Br2N2S/c1-2-7-6-14-11(16-7)15-10-8(12)4-3-5-9(10)13/h3-5,7H,2,6H2,1H3,(H,14,15). The zero-order valence-electron chi connectivity index (χ0n) is 8.84. The molecule has 0 aliphatic carbocycles. The molecule has 1 aliphatic heterocycles. The molecule has 2 nitrogen and oxygen atoms in total. The number of nitrogens with zero attached hydrogens (tertiary/aromatic N) is 1. The predicted octanol–water partition coefficient (Wildman–Crippen LogP) is 4.50. The van der Waals surface area contributed by atoms with Gasteiger partial charge in [0.2, 0.25) is 0 Å². The minimum atomic E-state index is 0.628. The Balaban J connectivity index is 2.11. The molecule has 86 valence electrons. The number of anilines is 1. The Labute approximate surface area is 117 Å². The van der Waals surface area contributed by atoms with E-state index in [1.165, 1.54) is 0 Å². The van der Waals surface area contributed by atoms with Crippen LogP contribution in [0.15, 0.2) is 32.1 Å². The Morgan fingerprint density at radius 2 is 2.12 bits per heavy atom. The number of hydrogen-bond acceptors (Lipinski definition) is 3. The van der Waals surface area contributed by atoms with E-state index in [1.54, 1.807) is 0 Å². The van der Waals surface area contributed by atoms with E-state index in [-0.39, 0.29) is 0 Å². The van der Waals surface area contributed by atoms with Crippen molar-refractivity contribution in [1.29, 1.82) is 0 Å². The van der Waals surface area contributed by atoms with E-state index in [1.807, 2.05) is 30.0 Å². The fraction of sp³-hybridized carbons (Fsp3) is 0.364. The highest BCUT2D eigenvalue weighted by atomic mass is 79.9. The summed E-state index contributed by atoms with van der Waals surface area (Å²) < 4.78 is 2.09. The van der Waals surface area contributed by atoms with Crippen LogP contribution in [0.1, 0.15) is 13.3 Å². The molecule has 0 aromatic heterocycles. The zero-order chi connectivity index (χ0) is 11.5. The van der Waals surface area contributed by atoms with E-state index < -0.39 is 0 Å². The summed E-state index contributed by atoms with van der Waals surface area (Å²) >= 11 is 8.88. The second-order valence-corrected chi connectivity index (χ2v) is 6.51. The molecule has 0 amide bonds. The van der Waals surface area contributed by atoms with Crippen LogP contribution in [0.3, 0.4) is 0 Å². The van der Waals surface area contributed by atoms with Gasteiger partial charge in [-0.3, -0.25) is 4.99 Å². The van der Waals surface area contributed by atoms with Gasteiger partial charge in [0.15, 0.2) is 5.17 Å². The molecule has 5 heteroatoms. The lowest BCUT2D eigenvalue weighted by atomic mass is 10.3. The Kier molecular flexibility index (Phi) is 4.33. The van der Waals surface area contributed by atoms with Crippen molar-refractivity contribution in [1.82, 2.24) is 0 Å². The predicted molar refractivity (Wildman–Crippen MR) is 79.4 cm³/mol. The van der Waals surface area contributed by atoms with Gasteiger partial charge in [-0.15, -0.1) is 0 Å². The van der Waals surface area contributed by atoms with Crippen LogP contribution in [-0.4, -0.2) is 17.0 Å². The fourth-order valence-electron chi connectivity index (χ4n) is 1.42. The molecule has 1 aromatic rings. The molecule has 1 aromatic carbocycles. The topological polar surface area (TPSA) is 24.4 Å². The number of amidine groups is 1. The first kappa shape index (κ1) is 12.5. The Hall–Kier alpha value is -0.000000000000000111. The van der Waals surface area contributed by atoms with Crippen LogP contribution in [0, 0.1) is 0 Å². The van der Waals surface area contributed by atoms with Crippen LogP contribution in [-0.2, 0) is 0 Å². The van der Waals surface area contributed by atoms with Crippen molar-refractivity contribution in [3.63, 3.8) is 0 Å². The summed E-state index contributed by atoms with van der Waals surface area (Å²) in [5, 5.41) is 5.00. The maximum atomic E-state index is 4.49. The molecular formula is C11H12Br2N2S. The van der Waals surface area contributed by atoms with Crippen LogP contribution in [0.5, 0.6) is 0 Å². The van der Waals surface area contributed by atoms with E-state index in [4.69, 9.17) is 0 Å². The van der Waals surface area contributed by atoms with Crippen molar-refractivity contribution in [3.8, 4) is 0 Å². The van der Waals surface area contributed by atoms with E-state index in [2.05, 4.69) is 49.1 Å². The zero-order valence-corrected chi connectivity index (χ0v) is 12.8. The summed E-state index contributed by atoms with van der Waals surface area (Å²) in [5.74, 6) is 0. The first-order valence-electron chi connectivity index (χ1n) is 5.13. The number of rotatable bonds is 2. The first-order chi connectivity index (χ1) is 7.70. The minimum Gasteiger partial charge on any atom is -0.333 e. The maximum Gasteiger partial charge on any atom is 0.161 e. The second-order valence-electron chi connectivity index (χ2n) is 3.52. The van der Waals surface area contributed by atoms with Crippen LogP contribution in [0.4, 0.5) is 5.69 Å². The largest absolute Gasteiger partial charge is 0.333 e. The van der Waals surface area contributed by atoms with E-state index in [0.717, 1.165) is 32.8 Å². The van der Waals surface area contributed by atoms with Crippen molar-refractivity contribution in [2.45, 2.75) is 18.6 Å². The normalized spacial score (nSPS) is 19.7. The summed E-state index contributed by atoms with van der Waals surface area (Å²) in [6.07, 6.45) is 1.16. The van der Waals surface area contributed by atoms with Gasteiger partial charge in [0, 0.05) is 14.2 Å². The molecule has 0 saturated carbocycles. The van der Waals surface area contributed by atoms with Gasteiger partial charge in [-0.2, -0.15) is 0 Å². The van der Waals surface area contributed by atoms with Gasteiger partial charge in [0.05, 0.1) is 12.2 Å². The molecule has 1 aliphatic rings. The highest BCUT2D eigenvalue weighted by Crippen LogP contribution is 2.33. The lowest BCUT2D eigenvalue weighted by Gasteiger charge is -2.10. The van der Waals surface area contributed by atoms with Crippen molar-refractivity contribution in [2.75, 3.05) is 11.9 Å². The number of benzene rings is 1. The molecule has 0 radical (unpaired) electrons. The number of nitrogens with one attached hydrogen (secondary N) is 1. The summed E-state index contributed by atoms with van der Waals surface area (Å²) in [4.78, 5) is 4.49. The molecule has 1 N–H and O–H groups in total. The van der Waals surface area contributed by atoms with Gasteiger partial charge in [0.1, 0.15) is 0 Å². The van der Waals surface area contributed by atoms with Crippen molar-refractivity contribution in [2.24, 2.45) is 4.99 Å². The van der Waals surface area contributed by atoms with Crippen LogP contribution in [0.2, 0.25) is 0 Å². The summed E-state index contributed by atoms with van der Waals surface area (Å²) in [6, 6.07) is 6.03. The third-order valence-corrected chi connectivity index (χ3v) is 4.96. The second kappa shape index (κ2) is 5.56. The monoisotopic (exact) mass is 362 g/mol. The lowest BCUT2D eigenvalue weighted by molar-refractivity contribution is 0.843. The highest BCUT2D eigenvalue weighted by Gasteiger charge is 2.18. The van der Waals surface area contributed by atoms with Gasteiger partial charge in [-0.1, -0.05) is 24.8 Å². The molecule has 0 spiro atoms. The molecule has 0 bridgehead atoms. The van der Waals surface area contributed by atoms with Gasteiger partial charge in [-0.25, -0.2) is 0 Å². The van der Waals surface area contributed by atoms with Crippen LogP contribution >= 0.6 is 43.6 Å². The Morgan fingerprint density at radius 3 is 2.69 bits per heavy atom. The molecule has 16 heavy (non-hydrogen) atoms. The van der Waals surface area contributed by atoms with Crippen LogP contribution in [0.25, 0.3) is 0 Å². The minimum absolute atomic E-state index is 0.628. The molecule has 1 heterocycles. The van der Waals surface area contributed by atoms with Crippen LogP contribution < -0.4 is 5.32 Å². The van der Waals surface area contributed by atoms with Crippen molar-refractivity contribution < 1.29 is 0 Å². The van der Waals surface area contributed by atoms with E-state index >= 15 is 0 Å². The SMILES string of the molecule is CCC1CN=C(Nc2c(Br)cccc2Br)S1. The molecule has 1 atom stereocenters. The number of aliphatic imine (C=N–C) groups is 1. The third-order valence-electron chi connectivity index (χ3n) is 2.37. The summed E-state index contributed by atoms with van der Waals surface area (Å²) in [6.45, 7) is 3.12. The number of para-hydroxylation sites is 1. The first-order valence-corrected chi connectivity index (χ1v) is 7.59. The van der Waals surface area contributed by atoms with Gasteiger partial charge < -0.3 is 5.32 Å². The quantitative estimate of drug-likeness (QED) is 0.836. The molecular weight excluding hydrogens is 352 g/mol. The van der Waals surface area contributed by atoms with Gasteiger partial charge in [0.25, 0.3) is 0 Å². The Morgan fingerprint density at radius 1 is 1.44 bits per heavy atom. The maximum absolute atomic E-state index is 4.49. The highest BCUT2D eigenvalue weighted by molar-refractivity contribution is 9.11. The molecule has 0 fully saturated rings. The van der Waals surface area contributed by atoms with E-state index in [9.17, 15) is 0 Å². The summed E-state index contributed by atoms with van der Waals surface area (Å²) in [7, 11) is 0. The Bertz CT molecular complexity index is 400. The number of halogens is 2. The lowest BCUT2D eigenvalue weighted by Crippen LogP contribution is -2.07. The van der Waals surface area contributed by atoms with E-state index in [0.29, 0.717) is 5.25 Å².